The van der Waals surface area contributed by atoms with Crippen LogP contribution in [0.3, 0.4) is 0 Å². The largest absolute Gasteiger partial charge is 0.438 e. The highest BCUT2D eigenvalue weighted by atomic mass is 16.5. The maximum Gasteiger partial charge on any atom is 0.237 e. The van der Waals surface area contributed by atoms with E-state index in [0.29, 0.717) is 17.2 Å². The van der Waals surface area contributed by atoms with Crippen LogP contribution in [0.2, 0.25) is 0 Å². The Morgan fingerprint density at radius 1 is 1.33 bits per heavy atom. The molecular formula is C14H13N3O. The third-order valence-corrected chi connectivity index (χ3v) is 2.39. The molecule has 4 nitrogen and oxygen atoms in total. The minimum absolute atomic E-state index is 0.335. The van der Waals surface area contributed by atoms with Gasteiger partial charge in [-0.3, -0.25) is 0 Å². The lowest BCUT2D eigenvalue weighted by molar-refractivity contribution is 0.460. The molecule has 1 N–H and O–H groups in total. The van der Waals surface area contributed by atoms with Gasteiger partial charge in [0.15, 0.2) is 0 Å². The lowest BCUT2D eigenvalue weighted by Crippen LogP contribution is -2.04. The van der Waals surface area contributed by atoms with Gasteiger partial charge in [-0.15, -0.1) is 0 Å². The van der Waals surface area contributed by atoms with Gasteiger partial charge in [-0.05, 0) is 36.9 Å². The highest BCUT2D eigenvalue weighted by Crippen LogP contribution is 2.23. The summed E-state index contributed by atoms with van der Waals surface area (Å²) < 4.78 is 5.63. The maximum absolute atomic E-state index is 8.96. The number of ether oxygens (including phenoxy) is 1. The minimum atomic E-state index is 0.335. The molecule has 0 unspecified atom stereocenters. The highest BCUT2D eigenvalue weighted by Gasteiger charge is 2.05. The Bertz CT molecular complexity index is 575. The van der Waals surface area contributed by atoms with Gasteiger partial charge >= 0.3 is 0 Å². The lowest BCUT2D eigenvalue weighted by atomic mass is 10.2. The van der Waals surface area contributed by atoms with Crippen LogP contribution in [0.4, 0.5) is 0 Å². The lowest BCUT2D eigenvalue weighted by Gasteiger charge is -2.07. The van der Waals surface area contributed by atoms with Crippen molar-refractivity contribution in [1.29, 1.82) is 5.26 Å². The molecule has 1 aromatic carbocycles. The molecule has 90 valence electrons. The Hall–Kier alpha value is -2.38. The molecule has 0 atom stereocenters. The van der Waals surface area contributed by atoms with Crippen molar-refractivity contribution in [2.45, 2.75) is 6.54 Å². The Morgan fingerprint density at radius 3 is 3.00 bits per heavy atom. The van der Waals surface area contributed by atoms with Gasteiger partial charge in [0.1, 0.15) is 17.4 Å². The molecule has 0 spiro atoms. The fourth-order valence-electron chi connectivity index (χ4n) is 1.59. The molecule has 4 heteroatoms. The number of benzene rings is 1. The molecule has 0 saturated heterocycles. The van der Waals surface area contributed by atoms with Crippen molar-refractivity contribution in [3.05, 3.63) is 53.7 Å². The van der Waals surface area contributed by atoms with Crippen molar-refractivity contribution in [1.82, 2.24) is 10.3 Å². The highest BCUT2D eigenvalue weighted by molar-refractivity contribution is 5.40. The Kier molecular flexibility index (Phi) is 3.90. The van der Waals surface area contributed by atoms with Gasteiger partial charge in [-0.25, -0.2) is 4.98 Å². The predicted octanol–water partition coefficient (Wildman–Crippen LogP) is 2.46. The number of aromatic nitrogens is 1. The summed E-state index contributed by atoms with van der Waals surface area (Å²) in [5.74, 6) is 1.01. The standard InChI is InChI=1S/C14H13N3O/c1-16-10-11-4-2-6-13(8-11)18-14-12(9-15)5-3-7-17-14/h2-8,16H,10H2,1H3. The monoisotopic (exact) mass is 239 g/mol. The molecule has 2 aromatic rings. The summed E-state index contributed by atoms with van der Waals surface area (Å²) >= 11 is 0. The summed E-state index contributed by atoms with van der Waals surface area (Å²) in [4.78, 5) is 4.06. The number of rotatable bonds is 4. The van der Waals surface area contributed by atoms with E-state index in [1.54, 1.807) is 18.3 Å². The normalized spacial score (nSPS) is 9.78. The fourth-order valence-corrected chi connectivity index (χ4v) is 1.59. The number of nitrogens with zero attached hydrogens (tertiary/aromatic N) is 2. The van der Waals surface area contributed by atoms with Crippen LogP contribution in [0.5, 0.6) is 11.6 Å². The fraction of sp³-hybridized carbons (Fsp3) is 0.143. The second-order valence-electron chi connectivity index (χ2n) is 3.75. The molecule has 18 heavy (non-hydrogen) atoms. The van der Waals surface area contributed by atoms with Gasteiger partial charge in [0.25, 0.3) is 0 Å². The molecule has 0 fully saturated rings. The van der Waals surface area contributed by atoms with E-state index in [0.717, 1.165) is 12.1 Å². The van der Waals surface area contributed by atoms with Crippen LogP contribution in [-0.2, 0) is 6.54 Å². The number of pyridine rings is 1. The zero-order valence-corrected chi connectivity index (χ0v) is 10.1. The number of hydrogen-bond donors (Lipinski definition) is 1. The van der Waals surface area contributed by atoms with Crippen LogP contribution in [0.15, 0.2) is 42.6 Å². The zero-order chi connectivity index (χ0) is 12.8. The third kappa shape index (κ3) is 2.84. The van der Waals surface area contributed by atoms with Gasteiger partial charge in [0, 0.05) is 12.7 Å². The summed E-state index contributed by atoms with van der Waals surface area (Å²) in [5.41, 5.74) is 1.54. The van der Waals surface area contributed by atoms with Crippen molar-refractivity contribution >= 4 is 0 Å². The smallest absolute Gasteiger partial charge is 0.237 e. The first kappa shape index (κ1) is 12.1. The van der Waals surface area contributed by atoms with Gasteiger partial charge < -0.3 is 10.1 Å². The quantitative estimate of drug-likeness (QED) is 0.890. The second-order valence-corrected chi connectivity index (χ2v) is 3.75. The average Bonchev–Trinajstić information content (AvgIpc) is 2.40. The second kappa shape index (κ2) is 5.80. The van der Waals surface area contributed by atoms with Gasteiger partial charge in [0.05, 0.1) is 0 Å². The van der Waals surface area contributed by atoms with Crippen molar-refractivity contribution in [3.63, 3.8) is 0 Å². The van der Waals surface area contributed by atoms with Gasteiger partial charge in [-0.2, -0.15) is 5.26 Å². The first-order valence-electron chi connectivity index (χ1n) is 5.60. The first-order valence-corrected chi connectivity index (χ1v) is 5.60. The van der Waals surface area contributed by atoms with E-state index in [2.05, 4.69) is 16.4 Å². The van der Waals surface area contributed by atoms with Crippen LogP contribution in [0, 0.1) is 11.3 Å². The summed E-state index contributed by atoms with van der Waals surface area (Å²) in [6.07, 6.45) is 1.60. The molecule has 0 saturated carbocycles. The molecular weight excluding hydrogens is 226 g/mol. The molecule has 0 aliphatic carbocycles. The maximum atomic E-state index is 8.96. The third-order valence-electron chi connectivity index (χ3n) is 2.39. The van der Waals surface area contributed by atoms with Crippen molar-refractivity contribution < 1.29 is 4.74 Å². The number of nitrogens with one attached hydrogen (secondary N) is 1. The van der Waals surface area contributed by atoms with E-state index < -0.39 is 0 Å². The van der Waals surface area contributed by atoms with Crippen LogP contribution in [0.25, 0.3) is 0 Å². The molecule has 0 radical (unpaired) electrons. The first-order chi connectivity index (χ1) is 8.83. The van der Waals surface area contributed by atoms with E-state index in [-0.39, 0.29) is 0 Å². The van der Waals surface area contributed by atoms with Crippen LogP contribution in [0.1, 0.15) is 11.1 Å². The summed E-state index contributed by atoms with van der Waals surface area (Å²) in [7, 11) is 1.89. The van der Waals surface area contributed by atoms with Crippen LogP contribution >= 0.6 is 0 Å². The van der Waals surface area contributed by atoms with Crippen molar-refractivity contribution in [2.24, 2.45) is 0 Å². The minimum Gasteiger partial charge on any atom is -0.438 e. The van der Waals surface area contributed by atoms with Gasteiger partial charge in [-0.1, -0.05) is 12.1 Å². The average molecular weight is 239 g/mol. The molecule has 0 aliphatic heterocycles. The molecule has 2 rings (SSSR count). The number of nitriles is 1. The van der Waals surface area contributed by atoms with Crippen molar-refractivity contribution in [2.75, 3.05) is 7.05 Å². The predicted molar refractivity (Wildman–Crippen MR) is 68.2 cm³/mol. The molecule has 1 aromatic heterocycles. The summed E-state index contributed by atoms with van der Waals surface area (Å²) in [5, 5.41) is 12.0. The van der Waals surface area contributed by atoms with E-state index in [4.69, 9.17) is 10.00 Å². The van der Waals surface area contributed by atoms with Crippen molar-refractivity contribution in [3.8, 4) is 17.7 Å². The van der Waals surface area contributed by atoms with E-state index in [1.165, 1.54) is 0 Å². The molecule has 0 amide bonds. The van der Waals surface area contributed by atoms with Crippen LogP contribution < -0.4 is 10.1 Å². The van der Waals surface area contributed by atoms with Gasteiger partial charge in [0.2, 0.25) is 5.88 Å². The Balaban J connectivity index is 2.23. The number of hydrogen-bond acceptors (Lipinski definition) is 4. The van der Waals surface area contributed by atoms with E-state index in [1.807, 2.05) is 31.3 Å². The van der Waals surface area contributed by atoms with E-state index >= 15 is 0 Å². The Labute approximate surface area is 106 Å². The summed E-state index contributed by atoms with van der Waals surface area (Å²) in [6.45, 7) is 0.768. The molecule has 1 heterocycles. The Morgan fingerprint density at radius 2 is 2.22 bits per heavy atom. The summed E-state index contributed by atoms with van der Waals surface area (Å²) in [6, 6.07) is 13.1. The topological polar surface area (TPSA) is 57.9 Å². The molecule has 0 bridgehead atoms. The molecule has 0 aliphatic rings. The zero-order valence-electron chi connectivity index (χ0n) is 10.1. The van der Waals surface area contributed by atoms with E-state index in [9.17, 15) is 0 Å². The van der Waals surface area contributed by atoms with Crippen LogP contribution in [-0.4, -0.2) is 12.0 Å². The SMILES string of the molecule is CNCc1cccc(Oc2ncccc2C#N)c1.